The van der Waals surface area contributed by atoms with E-state index in [9.17, 15) is 9.59 Å². The summed E-state index contributed by atoms with van der Waals surface area (Å²) in [5.41, 5.74) is -0.686. The number of urea groups is 1. The number of hydrogen-bond acceptors (Lipinski definition) is 4. The average molecular weight is 291 g/mol. The maximum absolute atomic E-state index is 12.3. The molecular formula is C14H21N5O2. The number of hydrogen-bond donors (Lipinski definition) is 1. The normalized spacial score (nSPS) is 29.2. The van der Waals surface area contributed by atoms with Crippen LogP contribution in [0.2, 0.25) is 0 Å². The number of carbonyl (C=O) groups is 2. The maximum atomic E-state index is 12.3. The van der Waals surface area contributed by atoms with Crippen molar-refractivity contribution in [3.05, 3.63) is 12.2 Å². The molecule has 1 aliphatic heterocycles. The van der Waals surface area contributed by atoms with Gasteiger partial charge >= 0.3 is 6.03 Å². The molecule has 21 heavy (non-hydrogen) atoms. The molecule has 1 aromatic heterocycles. The molecule has 0 radical (unpaired) electrons. The minimum Gasteiger partial charge on any atom is -0.302 e. The molecule has 1 aromatic rings. The summed E-state index contributed by atoms with van der Waals surface area (Å²) < 4.78 is 1.76. The molecule has 7 nitrogen and oxygen atoms in total. The topological polar surface area (TPSA) is 80.1 Å². The van der Waals surface area contributed by atoms with Crippen LogP contribution in [0.5, 0.6) is 0 Å². The van der Waals surface area contributed by atoms with E-state index in [1.165, 1.54) is 6.33 Å². The molecule has 2 fully saturated rings. The number of nitrogens with one attached hydrogen (secondary N) is 1. The average Bonchev–Trinajstić information content (AvgIpc) is 3.00. The van der Waals surface area contributed by atoms with Gasteiger partial charge in [0.15, 0.2) is 0 Å². The molecule has 1 saturated carbocycles. The standard InChI is InChI=1S/C14H21N5O2/c1-3-19-11(15-9-16-19)8-18-13(21)17-12(20)14(18)6-4-10(2)5-7-14/h9-10H,3-8H2,1-2H3,(H,17,20,21). The van der Waals surface area contributed by atoms with Crippen molar-refractivity contribution in [2.45, 2.75) is 58.2 Å². The van der Waals surface area contributed by atoms with E-state index in [0.29, 0.717) is 19.0 Å². The van der Waals surface area contributed by atoms with Gasteiger partial charge in [0, 0.05) is 6.54 Å². The molecule has 0 unspecified atom stereocenters. The van der Waals surface area contributed by atoms with Crippen LogP contribution in [0.15, 0.2) is 6.33 Å². The van der Waals surface area contributed by atoms with Crippen LogP contribution in [0, 0.1) is 5.92 Å². The maximum Gasteiger partial charge on any atom is 0.325 e. The van der Waals surface area contributed by atoms with Crippen LogP contribution in [0.1, 0.15) is 45.4 Å². The van der Waals surface area contributed by atoms with Gasteiger partial charge in [-0.25, -0.2) is 14.5 Å². The molecule has 1 N–H and O–H groups in total. The number of aromatic nitrogens is 3. The molecule has 7 heteroatoms. The third kappa shape index (κ3) is 2.20. The lowest BCUT2D eigenvalue weighted by Crippen LogP contribution is -2.51. The Hall–Kier alpha value is -1.92. The monoisotopic (exact) mass is 291 g/mol. The minimum absolute atomic E-state index is 0.151. The molecule has 0 aromatic carbocycles. The molecule has 0 bridgehead atoms. The van der Waals surface area contributed by atoms with Crippen LogP contribution in [-0.2, 0) is 17.9 Å². The Morgan fingerprint density at radius 2 is 2.10 bits per heavy atom. The highest BCUT2D eigenvalue weighted by Gasteiger charge is 2.53. The van der Waals surface area contributed by atoms with Crippen molar-refractivity contribution < 1.29 is 9.59 Å². The van der Waals surface area contributed by atoms with Crippen LogP contribution in [0.3, 0.4) is 0 Å². The molecule has 2 heterocycles. The highest BCUT2D eigenvalue weighted by molar-refractivity contribution is 6.07. The van der Waals surface area contributed by atoms with Gasteiger partial charge in [-0.15, -0.1) is 0 Å². The zero-order valence-electron chi connectivity index (χ0n) is 12.5. The fraction of sp³-hybridized carbons (Fsp3) is 0.714. The number of nitrogens with zero attached hydrogens (tertiary/aromatic N) is 4. The van der Waals surface area contributed by atoms with Crippen molar-refractivity contribution in [1.29, 1.82) is 0 Å². The number of imide groups is 1. The van der Waals surface area contributed by atoms with Crippen molar-refractivity contribution in [2.24, 2.45) is 5.92 Å². The second-order valence-electron chi connectivity index (χ2n) is 6.05. The summed E-state index contributed by atoms with van der Waals surface area (Å²) in [7, 11) is 0. The lowest BCUT2D eigenvalue weighted by Gasteiger charge is -2.39. The Balaban J connectivity index is 1.88. The fourth-order valence-corrected chi connectivity index (χ4v) is 3.37. The van der Waals surface area contributed by atoms with Crippen LogP contribution < -0.4 is 5.32 Å². The lowest BCUT2D eigenvalue weighted by molar-refractivity contribution is -0.128. The molecule has 3 amide bonds. The van der Waals surface area contributed by atoms with Crippen molar-refractivity contribution >= 4 is 11.9 Å². The quantitative estimate of drug-likeness (QED) is 0.851. The first-order valence-corrected chi connectivity index (χ1v) is 7.56. The van der Waals surface area contributed by atoms with Crippen LogP contribution in [-0.4, -0.2) is 37.1 Å². The molecule has 3 rings (SSSR count). The molecule has 114 valence electrons. The molecule has 1 saturated heterocycles. The summed E-state index contributed by atoms with van der Waals surface area (Å²) in [6, 6.07) is -0.305. The van der Waals surface area contributed by atoms with Crippen molar-refractivity contribution in [1.82, 2.24) is 25.0 Å². The summed E-state index contributed by atoms with van der Waals surface area (Å²) in [6.45, 7) is 5.20. The summed E-state index contributed by atoms with van der Waals surface area (Å²) in [5, 5.41) is 6.61. The Kier molecular flexibility index (Phi) is 3.43. The zero-order valence-corrected chi connectivity index (χ0v) is 12.5. The zero-order chi connectivity index (χ0) is 15.0. The van der Waals surface area contributed by atoms with Gasteiger partial charge < -0.3 is 4.90 Å². The minimum atomic E-state index is -0.686. The smallest absolute Gasteiger partial charge is 0.302 e. The Morgan fingerprint density at radius 3 is 2.76 bits per heavy atom. The predicted molar refractivity (Wildman–Crippen MR) is 75.1 cm³/mol. The highest BCUT2D eigenvalue weighted by atomic mass is 16.2. The van der Waals surface area contributed by atoms with E-state index >= 15 is 0 Å². The molecule has 1 spiro atoms. The van der Waals surface area contributed by atoms with Gasteiger partial charge in [0.1, 0.15) is 17.7 Å². The Morgan fingerprint density at radius 1 is 1.38 bits per heavy atom. The van der Waals surface area contributed by atoms with E-state index in [0.717, 1.165) is 31.5 Å². The van der Waals surface area contributed by atoms with Crippen molar-refractivity contribution in [3.63, 3.8) is 0 Å². The van der Waals surface area contributed by atoms with Gasteiger partial charge in [0.05, 0.1) is 6.54 Å². The first-order chi connectivity index (χ1) is 10.1. The van der Waals surface area contributed by atoms with E-state index < -0.39 is 5.54 Å². The Labute approximate surface area is 123 Å². The summed E-state index contributed by atoms with van der Waals surface area (Å²) in [5.74, 6) is 1.18. The number of rotatable bonds is 3. The second-order valence-corrected chi connectivity index (χ2v) is 6.05. The third-order valence-corrected chi connectivity index (χ3v) is 4.80. The van der Waals surface area contributed by atoms with Crippen LogP contribution >= 0.6 is 0 Å². The fourth-order valence-electron chi connectivity index (χ4n) is 3.37. The summed E-state index contributed by atoms with van der Waals surface area (Å²) >= 11 is 0. The van der Waals surface area contributed by atoms with Gasteiger partial charge in [-0.2, -0.15) is 5.10 Å². The number of carbonyl (C=O) groups excluding carboxylic acids is 2. The number of amides is 3. The van der Waals surface area contributed by atoms with E-state index in [1.807, 2.05) is 6.92 Å². The molecule has 1 aliphatic carbocycles. The van der Waals surface area contributed by atoms with Crippen molar-refractivity contribution in [2.75, 3.05) is 0 Å². The van der Waals surface area contributed by atoms with E-state index in [4.69, 9.17) is 0 Å². The second kappa shape index (κ2) is 5.13. The first kappa shape index (κ1) is 14.0. The lowest BCUT2D eigenvalue weighted by atomic mass is 9.76. The van der Waals surface area contributed by atoms with Gasteiger partial charge in [0.25, 0.3) is 5.91 Å². The van der Waals surface area contributed by atoms with Crippen molar-refractivity contribution in [3.8, 4) is 0 Å². The molecule has 0 atom stereocenters. The van der Waals surface area contributed by atoms with Gasteiger partial charge in [-0.05, 0) is 38.5 Å². The SMILES string of the molecule is CCn1ncnc1CN1C(=O)NC(=O)C12CCC(C)CC2. The summed E-state index contributed by atoms with van der Waals surface area (Å²) in [4.78, 5) is 30.4. The van der Waals surface area contributed by atoms with Gasteiger partial charge in [0.2, 0.25) is 0 Å². The summed E-state index contributed by atoms with van der Waals surface area (Å²) in [6.07, 6.45) is 4.89. The highest BCUT2D eigenvalue weighted by Crippen LogP contribution is 2.39. The molecule has 2 aliphatic rings. The van der Waals surface area contributed by atoms with Crippen LogP contribution in [0.25, 0.3) is 0 Å². The third-order valence-electron chi connectivity index (χ3n) is 4.80. The van der Waals surface area contributed by atoms with E-state index in [-0.39, 0.29) is 11.9 Å². The Bertz CT molecular complexity index is 559. The van der Waals surface area contributed by atoms with Gasteiger partial charge in [-0.3, -0.25) is 10.1 Å². The largest absolute Gasteiger partial charge is 0.325 e. The van der Waals surface area contributed by atoms with E-state index in [2.05, 4.69) is 22.3 Å². The number of aryl methyl sites for hydroxylation is 1. The first-order valence-electron chi connectivity index (χ1n) is 7.56. The van der Waals surface area contributed by atoms with Gasteiger partial charge in [-0.1, -0.05) is 6.92 Å². The van der Waals surface area contributed by atoms with E-state index in [1.54, 1.807) is 9.58 Å². The van der Waals surface area contributed by atoms with Crippen LogP contribution in [0.4, 0.5) is 4.79 Å². The predicted octanol–water partition coefficient (Wildman–Crippen LogP) is 1.30. The molecular weight excluding hydrogens is 270 g/mol.